The predicted octanol–water partition coefficient (Wildman–Crippen LogP) is 4.43. The highest BCUT2D eigenvalue weighted by atomic mass is 16.5. The molecule has 1 fully saturated rings. The van der Waals surface area contributed by atoms with Gasteiger partial charge >= 0.3 is 0 Å². The number of carbonyl (C=O) groups excluding carboxylic acids is 1. The van der Waals surface area contributed by atoms with E-state index >= 15 is 0 Å². The number of nitrogens with zero attached hydrogens (tertiary/aromatic N) is 3. The summed E-state index contributed by atoms with van der Waals surface area (Å²) in [5, 5.41) is 0. The number of hydrogen-bond acceptors (Lipinski definition) is 4. The molecule has 0 radical (unpaired) electrons. The molecule has 3 aromatic rings. The summed E-state index contributed by atoms with van der Waals surface area (Å²) in [6.45, 7) is 4.42. The van der Waals surface area contributed by atoms with Gasteiger partial charge in [-0.05, 0) is 37.8 Å². The average molecular weight is 420 g/mol. The summed E-state index contributed by atoms with van der Waals surface area (Å²) < 4.78 is 13.0. The summed E-state index contributed by atoms with van der Waals surface area (Å²) in [6.07, 6.45) is 4.01. The second kappa shape index (κ2) is 9.25. The number of aromatic nitrogens is 2. The summed E-state index contributed by atoms with van der Waals surface area (Å²) in [5.41, 5.74) is 2.83. The van der Waals surface area contributed by atoms with Gasteiger partial charge in [-0.3, -0.25) is 4.79 Å². The van der Waals surface area contributed by atoms with Crippen LogP contribution in [0.5, 0.6) is 11.5 Å². The minimum Gasteiger partial charge on any atom is -0.497 e. The number of carbonyl (C=O) groups is 1. The van der Waals surface area contributed by atoms with Crippen molar-refractivity contribution < 1.29 is 14.3 Å². The van der Waals surface area contributed by atoms with Gasteiger partial charge in [-0.1, -0.05) is 30.3 Å². The third-order valence-corrected chi connectivity index (χ3v) is 5.97. The maximum Gasteiger partial charge on any atom is 0.257 e. The Bertz CT molecular complexity index is 1050. The van der Waals surface area contributed by atoms with E-state index in [9.17, 15) is 4.79 Å². The largest absolute Gasteiger partial charge is 0.497 e. The fraction of sp³-hybridized carbons (Fsp3) is 0.360. The van der Waals surface area contributed by atoms with Crippen LogP contribution in [0.25, 0.3) is 11.4 Å². The molecule has 0 aliphatic carbocycles. The van der Waals surface area contributed by atoms with Crippen LogP contribution in [0, 0.1) is 12.8 Å². The zero-order valence-electron chi connectivity index (χ0n) is 18.4. The maximum atomic E-state index is 13.3. The fourth-order valence-electron chi connectivity index (χ4n) is 4.31. The summed E-state index contributed by atoms with van der Waals surface area (Å²) >= 11 is 0. The van der Waals surface area contributed by atoms with Crippen molar-refractivity contribution in [2.45, 2.75) is 26.3 Å². The molecule has 0 spiro atoms. The number of methoxy groups -OCH3 is 2. The summed E-state index contributed by atoms with van der Waals surface area (Å²) in [7, 11) is 3.19. The van der Waals surface area contributed by atoms with E-state index in [1.54, 1.807) is 32.4 Å². The minimum atomic E-state index is 0.00911. The molecule has 1 amide bonds. The zero-order chi connectivity index (χ0) is 21.8. The lowest BCUT2D eigenvalue weighted by Crippen LogP contribution is -2.41. The fourth-order valence-corrected chi connectivity index (χ4v) is 4.31. The number of benzene rings is 2. The van der Waals surface area contributed by atoms with Crippen molar-refractivity contribution in [3.05, 3.63) is 66.0 Å². The van der Waals surface area contributed by atoms with Crippen molar-refractivity contribution in [1.29, 1.82) is 0 Å². The van der Waals surface area contributed by atoms with Crippen LogP contribution >= 0.6 is 0 Å². The highest BCUT2D eigenvalue weighted by Gasteiger charge is 2.27. The van der Waals surface area contributed by atoms with Crippen molar-refractivity contribution in [1.82, 2.24) is 14.5 Å². The number of aryl methyl sites for hydroxylation is 1. The quantitative estimate of drug-likeness (QED) is 0.593. The predicted molar refractivity (Wildman–Crippen MR) is 121 cm³/mol. The van der Waals surface area contributed by atoms with Gasteiger partial charge in [0, 0.05) is 43.2 Å². The first-order valence-electron chi connectivity index (χ1n) is 10.7. The maximum absolute atomic E-state index is 13.3. The molecular weight excluding hydrogens is 390 g/mol. The molecule has 6 nitrogen and oxygen atoms in total. The normalized spacial score (nSPS) is 16.2. The molecule has 1 unspecified atom stereocenters. The van der Waals surface area contributed by atoms with E-state index in [-0.39, 0.29) is 5.91 Å². The lowest BCUT2D eigenvalue weighted by Gasteiger charge is -2.33. The molecule has 1 saturated heterocycles. The number of imidazole rings is 1. The van der Waals surface area contributed by atoms with Gasteiger partial charge in [0.1, 0.15) is 17.3 Å². The first-order chi connectivity index (χ1) is 15.1. The SMILES string of the molecule is COc1ccc(C(=O)N2CCCC(Cn3c(C)cnc3-c3ccccc3)C2)c(OC)c1. The van der Waals surface area contributed by atoms with Crippen molar-refractivity contribution >= 4 is 5.91 Å². The van der Waals surface area contributed by atoms with Crippen LogP contribution in [0.3, 0.4) is 0 Å². The highest BCUT2D eigenvalue weighted by molar-refractivity contribution is 5.97. The van der Waals surface area contributed by atoms with Crippen LogP contribution in [-0.4, -0.2) is 47.7 Å². The number of rotatable bonds is 6. The van der Waals surface area contributed by atoms with Gasteiger partial charge in [-0.2, -0.15) is 0 Å². The molecule has 6 heteroatoms. The molecule has 31 heavy (non-hydrogen) atoms. The van der Waals surface area contributed by atoms with Crippen LogP contribution in [0.4, 0.5) is 0 Å². The lowest BCUT2D eigenvalue weighted by atomic mass is 9.96. The first-order valence-corrected chi connectivity index (χ1v) is 10.7. The number of amides is 1. The molecule has 0 N–H and O–H groups in total. The van der Waals surface area contributed by atoms with Gasteiger partial charge < -0.3 is 18.9 Å². The Morgan fingerprint density at radius 2 is 1.94 bits per heavy atom. The topological polar surface area (TPSA) is 56.6 Å². The van der Waals surface area contributed by atoms with Crippen LogP contribution < -0.4 is 9.47 Å². The van der Waals surface area contributed by atoms with Gasteiger partial charge in [0.05, 0.1) is 19.8 Å². The Kier molecular flexibility index (Phi) is 6.26. The summed E-state index contributed by atoms with van der Waals surface area (Å²) in [4.78, 5) is 19.9. The monoisotopic (exact) mass is 419 g/mol. The Labute approximate surface area is 183 Å². The first kappa shape index (κ1) is 21.0. The summed E-state index contributed by atoms with van der Waals surface area (Å²) in [6, 6.07) is 15.6. The van der Waals surface area contributed by atoms with E-state index in [0.29, 0.717) is 23.0 Å². The van der Waals surface area contributed by atoms with E-state index in [1.165, 1.54) is 0 Å². The van der Waals surface area contributed by atoms with E-state index in [1.807, 2.05) is 29.3 Å². The number of piperidine rings is 1. The molecule has 1 aliphatic heterocycles. The standard InChI is InChI=1S/C25H29N3O3/c1-18-15-26-24(20-9-5-4-6-10-20)28(18)17-19-8-7-13-27(16-19)25(29)22-12-11-21(30-2)14-23(22)31-3/h4-6,9-12,14-15,19H,7-8,13,16-17H2,1-3H3. The molecule has 0 bridgehead atoms. The summed E-state index contributed by atoms with van der Waals surface area (Å²) in [5.74, 6) is 2.59. The second-order valence-corrected chi connectivity index (χ2v) is 8.03. The Morgan fingerprint density at radius 3 is 2.68 bits per heavy atom. The van der Waals surface area contributed by atoms with E-state index in [2.05, 4.69) is 28.6 Å². The van der Waals surface area contributed by atoms with Crippen LogP contribution in [0.15, 0.2) is 54.7 Å². The Hall–Kier alpha value is -3.28. The lowest BCUT2D eigenvalue weighted by molar-refractivity contribution is 0.0659. The second-order valence-electron chi connectivity index (χ2n) is 8.03. The Balaban J connectivity index is 1.52. The minimum absolute atomic E-state index is 0.00911. The van der Waals surface area contributed by atoms with Crippen LogP contribution in [0.1, 0.15) is 28.9 Å². The van der Waals surface area contributed by atoms with Gasteiger partial charge in [-0.25, -0.2) is 4.98 Å². The van der Waals surface area contributed by atoms with E-state index in [4.69, 9.17) is 9.47 Å². The molecule has 4 rings (SSSR count). The molecule has 1 aromatic heterocycles. The highest BCUT2D eigenvalue weighted by Crippen LogP contribution is 2.29. The molecule has 162 valence electrons. The van der Waals surface area contributed by atoms with Gasteiger partial charge in [-0.15, -0.1) is 0 Å². The van der Waals surface area contributed by atoms with Gasteiger partial charge in [0.25, 0.3) is 5.91 Å². The van der Waals surface area contributed by atoms with Crippen LogP contribution in [-0.2, 0) is 6.54 Å². The number of hydrogen-bond donors (Lipinski definition) is 0. The van der Waals surface area contributed by atoms with E-state index in [0.717, 1.165) is 49.6 Å². The van der Waals surface area contributed by atoms with Crippen molar-refractivity contribution in [3.8, 4) is 22.9 Å². The molecule has 2 aromatic carbocycles. The third kappa shape index (κ3) is 4.43. The molecule has 1 aliphatic rings. The number of likely N-dealkylation sites (tertiary alicyclic amines) is 1. The van der Waals surface area contributed by atoms with Crippen molar-refractivity contribution in [2.24, 2.45) is 5.92 Å². The van der Waals surface area contributed by atoms with Gasteiger partial charge in [0.15, 0.2) is 0 Å². The molecule has 0 saturated carbocycles. The third-order valence-electron chi connectivity index (χ3n) is 5.97. The number of ether oxygens (including phenoxy) is 2. The smallest absolute Gasteiger partial charge is 0.257 e. The van der Waals surface area contributed by atoms with Crippen molar-refractivity contribution in [3.63, 3.8) is 0 Å². The van der Waals surface area contributed by atoms with Crippen LogP contribution in [0.2, 0.25) is 0 Å². The Morgan fingerprint density at radius 1 is 1.13 bits per heavy atom. The molecule has 1 atom stereocenters. The zero-order valence-corrected chi connectivity index (χ0v) is 18.4. The van der Waals surface area contributed by atoms with Crippen molar-refractivity contribution in [2.75, 3.05) is 27.3 Å². The average Bonchev–Trinajstić information content (AvgIpc) is 3.18. The molecule has 2 heterocycles. The van der Waals surface area contributed by atoms with E-state index < -0.39 is 0 Å². The van der Waals surface area contributed by atoms with Gasteiger partial charge in [0.2, 0.25) is 0 Å². The molecular formula is C25H29N3O3.